The van der Waals surface area contributed by atoms with Crippen molar-refractivity contribution in [1.29, 1.82) is 0 Å². The van der Waals surface area contributed by atoms with Crippen molar-refractivity contribution in [3.8, 4) is 11.5 Å². The van der Waals surface area contributed by atoms with Crippen LogP contribution in [-0.2, 0) is 6.54 Å². The highest BCUT2D eigenvalue weighted by Crippen LogP contribution is 2.32. The smallest absolute Gasteiger partial charge is 0.184 e. The second-order valence-electron chi connectivity index (χ2n) is 3.59. The minimum atomic E-state index is -0.731. The standard InChI is InChI=1S/C13H10ClF2NO/c14-9-4-2-6-11(12(9)16)18-13-8(7-17)3-1-5-10(13)15/h1-6H,7,17H2. The molecule has 0 radical (unpaired) electrons. The van der Waals surface area contributed by atoms with E-state index in [0.717, 1.165) is 0 Å². The fraction of sp³-hybridized carbons (Fsp3) is 0.0769. The molecule has 0 amide bonds. The SMILES string of the molecule is NCc1cccc(F)c1Oc1cccc(Cl)c1F. The van der Waals surface area contributed by atoms with E-state index in [9.17, 15) is 8.78 Å². The summed E-state index contributed by atoms with van der Waals surface area (Å²) in [6.07, 6.45) is 0. The second-order valence-corrected chi connectivity index (χ2v) is 3.99. The fourth-order valence-corrected chi connectivity index (χ4v) is 1.67. The Morgan fingerprint density at radius 3 is 2.56 bits per heavy atom. The van der Waals surface area contributed by atoms with Gasteiger partial charge in [0.15, 0.2) is 23.1 Å². The summed E-state index contributed by atoms with van der Waals surface area (Å²) in [6.45, 7) is 0.0925. The van der Waals surface area contributed by atoms with E-state index in [-0.39, 0.29) is 23.1 Å². The number of ether oxygens (including phenoxy) is 1. The third kappa shape index (κ3) is 2.44. The van der Waals surface area contributed by atoms with Crippen molar-refractivity contribution in [1.82, 2.24) is 0 Å². The Labute approximate surface area is 108 Å². The molecular weight excluding hydrogens is 260 g/mol. The van der Waals surface area contributed by atoms with Crippen LogP contribution < -0.4 is 10.5 Å². The summed E-state index contributed by atoms with van der Waals surface area (Å²) in [7, 11) is 0. The maximum absolute atomic E-state index is 13.6. The van der Waals surface area contributed by atoms with Gasteiger partial charge in [-0.2, -0.15) is 0 Å². The first-order chi connectivity index (χ1) is 8.63. The van der Waals surface area contributed by atoms with E-state index < -0.39 is 11.6 Å². The first kappa shape index (κ1) is 12.8. The van der Waals surface area contributed by atoms with Gasteiger partial charge >= 0.3 is 0 Å². The predicted molar refractivity (Wildman–Crippen MR) is 65.8 cm³/mol. The molecule has 2 rings (SSSR count). The quantitative estimate of drug-likeness (QED) is 0.918. The van der Waals surface area contributed by atoms with Gasteiger partial charge in [0, 0.05) is 12.1 Å². The van der Waals surface area contributed by atoms with Crippen molar-refractivity contribution in [2.75, 3.05) is 0 Å². The molecule has 0 fully saturated rings. The molecule has 2 aromatic carbocycles. The van der Waals surface area contributed by atoms with Gasteiger partial charge in [-0.25, -0.2) is 8.78 Å². The lowest BCUT2D eigenvalue weighted by molar-refractivity contribution is 0.410. The zero-order valence-corrected chi connectivity index (χ0v) is 10.0. The van der Waals surface area contributed by atoms with Crippen LogP contribution in [-0.4, -0.2) is 0 Å². The summed E-state index contributed by atoms with van der Waals surface area (Å²) in [6, 6.07) is 8.61. The Morgan fingerprint density at radius 1 is 1.11 bits per heavy atom. The fourth-order valence-electron chi connectivity index (χ4n) is 1.50. The van der Waals surface area contributed by atoms with Crippen molar-refractivity contribution in [3.63, 3.8) is 0 Å². The predicted octanol–water partition coefficient (Wildman–Crippen LogP) is 3.87. The molecule has 0 spiro atoms. The van der Waals surface area contributed by atoms with Crippen LogP contribution in [0.2, 0.25) is 5.02 Å². The number of benzene rings is 2. The third-order valence-electron chi connectivity index (χ3n) is 2.40. The molecule has 0 atom stereocenters. The number of hydrogen-bond acceptors (Lipinski definition) is 2. The molecule has 2 nitrogen and oxygen atoms in total. The van der Waals surface area contributed by atoms with Crippen LogP contribution in [0.25, 0.3) is 0 Å². The minimum Gasteiger partial charge on any atom is -0.451 e. The molecule has 0 bridgehead atoms. The molecule has 18 heavy (non-hydrogen) atoms. The van der Waals surface area contributed by atoms with Crippen LogP contribution in [0.5, 0.6) is 11.5 Å². The van der Waals surface area contributed by atoms with Gasteiger partial charge in [-0.05, 0) is 18.2 Å². The molecule has 94 valence electrons. The Balaban J connectivity index is 2.43. The molecule has 0 saturated heterocycles. The summed E-state index contributed by atoms with van der Waals surface area (Å²) in [5, 5.41) is -0.0851. The highest BCUT2D eigenvalue weighted by molar-refractivity contribution is 6.30. The van der Waals surface area contributed by atoms with E-state index in [1.54, 1.807) is 6.07 Å². The summed E-state index contributed by atoms with van der Waals surface area (Å²) < 4.78 is 32.5. The molecule has 0 aliphatic carbocycles. The van der Waals surface area contributed by atoms with Gasteiger partial charge in [-0.15, -0.1) is 0 Å². The number of hydrogen-bond donors (Lipinski definition) is 1. The first-order valence-corrected chi connectivity index (χ1v) is 5.60. The highest BCUT2D eigenvalue weighted by Gasteiger charge is 2.14. The second kappa shape index (κ2) is 5.33. The van der Waals surface area contributed by atoms with E-state index in [2.05, 4.69) is 0 Å². The van der Waals surface area contributed by atoms with E-state index in [0.29, 0.717) is 5.56 Å². The number of nitrogens with two attached hydrogens (primary N) is 1. The van der Waals surface area contributed by atoms with Crippen molar-refractivity contribution >= 4 is 11.6 Å². The average molecular weight is 270 g/mol. The van der Waals surface area contributed by atoms with E-state index >= 15 is 0 Å². The Hall–Kier alpha value is -1.65. The zero-order valence-electron chi connectivity index (χ0n) is 9.29. The van der Waals surface area contributed by atoms with Crippen LogP contribution in [0, 0.1) is 11.6 Å². The number of rotatable bonds is 3. The highest BCUT2D eigenvalue weighted by atomic mass is 35.5. The minimum absolute atomic E-state index is 0.0823. The van der Waals surface area contributed by atoms with Crippen LogP contribution in [0.4, 0.5) is 8.78 Å². The maximum atomic E-state index is 13.6. The topological polar surface area (TPSA) is 35.2 Å². The summed E-state index contributed by atoms with van der Waals surface area (Å²) in [4.78, 5) is 0. The molecule has 0 unspecified atom stereocenters. The summed E-state index contributed by atoms with van der Waals surface area (Å²) in [5.74, 6) is -1.55. The average Bonchev–Trinajstić information content (AvgIpc) is 2.37. The monoisotopic (exact) mass is 269 g/mol. The number of halogens is 3. The van der Waals surface area contributed by atoms with Crippen molar-refractivity contribution in [2.45, 2.75) is 6.54 Å². The van der Waals surface area contributed by atoms with Crippen LogP contribution in [0.1, 0.15) is 5.56 Å². The molecule has 0 saturated carbocycles. The van der Waals surface area contributed by atoms with Crippen LogP contribution in [0.15, 0.2) is 36.4 Å². The van der Waals surface area contributed by atoms with Crippen molar-refractivity contribution < 1.29 is 13.5 Å². The van der Waals surface area contributed by atoms with Gasteiger partial charge in [0.1, 0.15) is 0 Å². The van der Waals surface area contributed by atoms with Crippen molar-refractivity contribution in [3.05, 3.63) is 58.6 Å². The Kier molecular flexibility index (Phi) is 3.79. The third-order valence-corrected chi connectivity index (χ3v) is 2.69. The number of para-hydroxylation sites is 1. The van der Waals surface area contributed by atoms with E-state index in [1.807, 2.05) is 0 Å². The molecule has 0 aromatic heterocycles. The van der Waals surface area contributed by atoms with E-state index in [4.69, 9.17) is 22.1 Å². The van der Waals surface area contributed by atoms with Gasteiger partial charge in [0.05, 0.1) is 5.02 Å². The van der Waals surface area contributed by atoms with Gasteiger partial charge < -0.3 is 10.5 Å². The molecule has 0 aliphatic heterocycles. The van der Waals surface area contributed by atoms with Gasteiger partial charge in [-0.1, -0.05) is 29.8 Å². The molecule has 2 aromatic rings. The Bertz CT molecular complexity index is 575. The lowest BCUT2D eigenvalue weighted by Crippen LogP contribution is -2.02. The lowest BCUT2D eigenvalue weighted by Gasteiger charge is -2.11. The largest absolute Gasteiger partial charge is 0.451 e. The van der Waals surface area contributed by atoms with Gasteiger partial charge in [0.2, 0.25) is 0 Å². The van der Waals surface area contributed by atoms with Gasteiger partial charge in [-0.3, -0.25) is 0 Å². The van der Waals surface area contributed by atoms with Gasteiger partial charge in [0.25, 0.3) is 0 Å². The normalized spacial score (nSPS) is 10.4. The summed E-state index contributed by atoms with van der Waals surface area (Å²) >= 11 is 5.62. The maximum Gasteiger partial charge on any atom is 0.184 e. The van der Waals surface area contributed by atoms with Crippen LogP contribution in [0.3, 0.4) is 0 Å². The molecular formula is C13H10ClF2NO. The van der Waals surface area contributed by atoms with E-state index in [1.165, 1.54) is 30.3 Å². The summed E-state index contributed by atoms with van der Waals surface area (Å²) in [5.41, 5.74) is 5.93. The molecule has 2 N–H and O–H groups in total. The zero-order chi connectivity index (χ0) is 13.1. The van der Waals surface area contributed by atoms with Crippen LogP contribution >= 0.6 is 11.6 Å². The lowest BCUT2D eigenvalue weighted by atomic mass is 10.2. The first-order valence-electron chi connectivity index (χ1n) is 5.23. The molecule has 0 aliphatic rings. The Morgan fingerprint density at radius 2 is 1.83 bits per heavy atom. The molecule has 0 heterocycles. The molecule has 5 heteroatoms. The van der Waals surface area contributed by atoms with Crippen molar-refractivity contribution in [2.24, 2.45) is 5.73 Å².